The van der Waals surface area contributed by atoms with Crippen molar-refractivity contribution in [3.63, 3.8) is 0 Å². The highest BCUT2D eigenvalue weighted by molar-refractivity contribution is 5.94. The van der Waals surface area contributed by atoms with Crippen LogP contribution in [-0.2, 0) is 11.3 Å². The number of piperidine rings is 1. The molecule has 5 rings (SSSR count). The number of pyridine rings is 2. The highest BCUT2D eigenvalue weighted by Gasteiger charge is 2.54. The molecule has 1 aliphatic heterocycles. The van der Waals surface area contributed by atoms with Gasteiger partial charge in [0.1, 0.15) is 0 Å². The maximum atomic E-state index is 14.3. The number of rotatable bonds is 6. The Kier molecular flexibility index (Phi) is 5.96. The van der Waals surface area contributed by atoms with Gasteiger partial charge in [0.25, 0.3) is 5.91 Å². The van der Waals surface area contributed by atoms with E-state index in [9.17, 15) is 14.0 Å². The number of hydrogen-bond donors (Lipinski definition) is 2. The van der Waals surface area contributed by atoms with Gasteiger partial charge in [-0.25, -0.2) is 9.37 Å². The number of aromatic amines is 1. The number of aryl methyl sites for hydroxylation is 1. The number of carbonyl (C=O) groups excluding carboxylic acids is 2. The molecule has 182 valence electrons. The SMILES string of the molecule is COc1cc(-c2cc(C(=O)N3CC[C@H](C(=O)NCc4ncccc4C)CC34CC4)n[nH]2)c(F)cn1. The predicted octanol–water partition coefficient (Wildman–Crippen LogP) is 3.02. The fourth-order valence-corrected chi connectivity index (χ4v) is 4.82. The van der Waals surface area contributed by atoms with Gasteiger partial charge in [-0.2, -0.15) is 5.10 Å². The van der Waals surface area contributed by atoms with Crippen molar-refractivity contribution < 1.29 is 18.7 Å². The molecule has 0 radical (unpaired) electrons. The number of carbonyl (C=O) groups is 2. The molecule has 1 atom stereocenters. The van der Waals surface area contributed by atoms with E-state index in [1.165, 1.54) is 13.2 Å². The summed E-state index contributed by atoms with van der Waals surface area (Å²) < 4.78 is 19.4. The molecule has 2 fully saturated rings. The number of nitrogens with zero attached hydrogens (tertiary/aromatic N) is 4. The Morgan fingerprint density at radius 1 is 1.31 bits per heavy atom. The number of ether oxygens (including phenoxy) is 1. The third kappa shape index (κ3) is 4.48. The molecular weight excluding hydrogens is 451 g/mol. The molecule has 3 aromatic rings. The molecule has 3 aromatic heterocycles. The van der Waals surface area contributed by atoms with E-state index >= 15 is 0 Å². The van der Waals surface area contributed by atoms with Gasteiger partial charge in [-0.15, -0.1) is 0 Å². The van der Waals surface area contributed by atoms with Crippen LogP contribution >= 0.6 is 0 Å². The van der Waals surface area contributed by atoms with Crippen LogP contribution in [0.25, 0.3) is 11.3 Å². The first-order chi connectivity index (χ1) is 16.9. The van der Waals surface area contributed by atoms with Crippen LogP contribution < -0.4 is 10.1 Å². The average molecular weight is 479 g/mol. The lowest BCUT2D eigenvalue weighted by Crippen LogP contribution is -2.50. The second-order valence-corrected chi connectivity index (χ2v) is 9.23. The van der Waals surface area contributed by atoms with E-state index in [4.69, 9.17) is 4.74 Å². The smallest absolute Gasteiger partial charge is 0.274 e. The summed E-state index contributed by atoms with van der Waals surface area (Å²) in [4.78, 5) is 36.2. The van der Waals surface area contributed by atoms with Crippen molar-refractivity contribution in [2.24, 2.45) is 5.92 Å². The van der Waals surface area contributed by atoms with Crippen molar-refractivity contribution >= 4 is 11.8 Å². The topological polar surface area (TPSA) is 113 Å². The molecule has 4 heterocycles. The summed E-state index contributed by atoms with van der Waals surface area (Å²) in [7, 11) is 1.45. The van der Waals surface area contributed by atoms with E-state index in [2.05, 4.69) is 25.5 Å². The molecule has 35 heavy (non-hydrogen) atoms. The molecule has 10 heteroatoms. The Labute approximate surface area is 202 Å². The van der Waals surface area contributed by atoms with Crippen LogP contribution in [0.5, 0.6) is 5.88 Å². The molecule has 2 amide bonds. The van der Waals surface area contributed by atoms with E-state index in [1.807, 2.05) is 24.0 Å². The van der Waals surface area contributed by atoms with Gasteiger partial charge in [-0.1, -0.05) is 6.07 Å². The Morgan fingerprint density at radius 2 is 2.14 bits per heavy atom. The van der Waals surface area contributed by atoms with Crippen molar-refractivity contribution in [1.82, 2.24) is 30.4 Å². The highest BCUT2D eigenvalue weighted by Crippen LogP contribution is 2.50. The van der Waals surface area contributed by atoms with Crippen LogP contribution in [0.1, 0.15) is 47.4 Å². The maximum absolute atomic E-state index is 14.3. The second-order valence-electron chi connectivity index (χ2n) is 9.23. The third-order valence-corrected chi connectivity index (χ3v) is 7.02. The number of likely N-dealkylation sites (tertiary alicyclic amines) is 1. The van der Waals surface area contributed by atoms with Crippen molar-refractivity contribution in [3.05, 3.63) is 59.4 Å². The molecule has 0 unspecified atom stereocenters. The molecule has 2 aliphatic rings. The Morgan fingerprint density at radius 3 is 2.89 bits per heavy atom. The highest BCUT2D eigenvalue weighted by atomic mass is 19.1. The molecule has 0 bridgehead atoms. The molecule has 1 aliphatic carbocycles. The predicted molar refractivity (Wildman–Crippen MR) is 125 cm³/mol. The lowest BCUT2D eigenvalue weighted by Gasteiger charge is -2.39. The third-order valence-electron chi connectivity index (χ3n) is 7.02. The van der Waals surface area contributed by atoms with Gasteiger partial charge < -0.3 is 15.0 Å². The minimum atomic E-state index is -0.542. The number of amides is 2. The minimum absolute atomic E-state index is 0.00223. The van der Waals surface area contributed by atoms with Crippen molar-refractivity contribution in [2.45, 2.75) is 44.7 Å². The zero-order valence-corrected chi connectivity index (χ0v) is 19.7. The number of nitrogens with one attached hydrogen (secondary N) is 2. The second kappa shape index (κ2) is 9.09. The largest absolute Gasteiger partial charge is 0.481 e. The van der Waals surface area contributed by atoms with Gasteiger partial charge in [0.15, 0.2) is 11.5 Å². The summed E-state index contributed by atoms with van der Waals surface area (Å²) in [6, 6.07) is 6.84. The maximum Gasteiger partial charge on any atom is 0.274 e. The van der Waals surface area contributed by atoms with Crippen LogP contribution in [0.4, 0.5) is 4.39 Å². The summed E-state index contributed by atoms with van der Waals surface area (Å²) in [5, 5.41) is 9.92. The number of H-pyrrole nitrogens is 1. The first-order valence-electron chi connectivity index (χ1n) is 11.7. The van der Waals surface area contributed by atoms with Crippen LogP contribution in [0.3, 0.4) is 0 Å². The van der Waals surface area contributed by atoms with Gasteiger partial charge in [0.05, 0.1) is 31.2 Å². The summed E-state index contributed by atoms with van der Waals surface area (Å²) >= 11 is 0. The lowest BCUT2D eigenvalue weighted by atomic mass is 9.88. The molecule has 9 nitrogen and oxygen atoms in total. The minimum Gasteiger partial charge on any atom is -0.481 e. The molecular formula is C25H27FN6O3. The Bertz CT molecular complexity index is 1270. The molecule has 1 saturated carbocycles. The van der Waals surface area contributed by atoms with Gasteiger partial charge in [0.2, 0.25) is 11.8 Å². The number of methoxy groups -OCH3 is 1. The summed E-state index contributed by atoms with van der Waals surface area (Å²) in [5.74, 6) is -0.648. The molecule has 2 N–H and O–H groups in total. The Hall–Kier alpha value is -3.82. The van der Waals surface area contributed by atoms with Crippen molar-refractivity contribution in [1.29, 1.82) is 0 Å². The number of halogens is 1. The average Bonchev–Trinajstić information content (AvgIpc) is 3.44. The molecule has 0 aromatic carbocycles. The van der Waals surface area contributed by atoms with E-state index in [-0.39, 0.29) is 40.4 Å². The van der Waals surface area contributed by atoms with Crippen LogP contribution in [0.15, 0.2) is 36.7 Å². The zero-order chi connectivity index (χ0) is 24.6. The van der Waals surface area contributed by atoms with Crippen molar-refractivity contribution in [3.8, 4) is 17.1 Å². The van der Waals surface area contributed by atoms with Gasteiger partial charge in [0, 0.05) is 35.8 Å². The number of hydrogen-bond acceptors (Lipinski definition) is 6. The normalized spacial score (nSPS) is 18.4. The fraction of sp³-hybridized carbons (Fsp3) is 0.400. The Balaban J connectivity index is 1.25. The van der Waals surface area contributed by atoms with E-state index < -0.39 is 5.82 Å². The van der Waals surface area contributed by atoms with Crippen LogP contribution in [-0.4, -0.2) is 56.1 Å². The van der Waals surface area contributed by atoms with E-state index in [0.717, 1.165) is 30.3 Å². The zero-order valence-electron chi connectivity index (χ0n) is 19.7. The van der Waals surface area contributed by atoms with Crippen molar-refractivity contribution in [2.75, 3.05) is 13.7 Å². The standard InChI is InChI=1S/C25H27FN6O3/c1-15-4-3-8-27-21(15)14-29-23(33)16-5-9-32(25(12-16)6-7-25)24(34)20-11-19(30-31-20)17-10-22(35-2)28-13-18(17)26/h3-4,8,10-11,13,16H,5-7,9,12,14H2,1-2H3,(H,29,33)(H,30,31)/t16-/m0/s1. The monoisotopic (exact) mass is 478 g/mol. The summed E-state index contributed by atoms with van der Waals surface area (Å²) in [6.07, 6.45) is 5.70. The summed E-state index contributed by atoms with van der Waals surface area (Å²) in [6.45, 7) is 2.83. The first-order valence-corrected chi connectivity index (χ1v) is 11.7. The fourth-order valence-electron chi connectivity index (χ4n) is 4.82. The first kappa shape index (κ1) is 22.9. The van der Waals surface area contributed by atoms with Crippen LogP contribution in [0.2, 0.25) is 0 Å². The van der Waals surface area contributed by atoms with Crippen LogP contribution in [0, 0.1) is 18.7 Å². The quantitative estimate of drug-likeness (QED) is 0.563. The van der Waals surface area contributed by atoms with Gasteiger partial charge in [-0.05, 0) is 50.3 Å². The van der Waals surface area contributed by atoms with Gasteiger partial charge >= 0.3 is 0 Å². The van der Waals surface area contributed by atoms with E-state index in [1.54, 1.807) is 12.3 Å². The number of aromatic nitrogens is 4. The van der Waals surface area contributed by atoms with Gasteiger partial charge in [-0.3, -0.25) is 19.7 Å². The summed E-state index contributed by atoms with van der Waals surface area (Å²) in [5.41, 5.74) is 2.39. The van der Waals surface area contributed by atoms with E-state index in [0.29, 0.717) is 31.6 Å². The molecule has 1 spiro atoms. The lowest BCUT2D eigenvalue weighted by molar-refractivity contribution is -0.127. The molecule has 1 saturated heterocycles.